The van der Waals surface area contributed by atoms with Crippen molar-refractivity contribution in [1.29, 1.82) is 0 Å². The molecule has 5 rings (SSSR count). The molecule has 1 saturated carbocycles. The average Bonchev–Trinajstić information content (AvgIpc) is 3.19. The van der Waals surface area contributed by atoms with E-state index < -0.39 is 0 Å². The number of morpholine rings is 1. The molecule has 2 aliphatic carbocycles. The first-order chi connectivity index (χ1) is 14.8. The Morgan fingerprint density at radius 3 is 2.67 bits per heavy atom. The minimum absolute atomic E-state index is 0.354. The van der Waals surface area contributed by atoms with Gasteiger partial charge >= 0.3 is 0 Å². The third-order valence-corrected chi connectivity index (χ3v) is 7.75. The molecule has 1 unspecified atom stereocenters. The van der Waals surface area contributed by atoms with E-state index in [9.17, 15) is 0 Å². The smallest absolute Gasteiger partial charge is 0.225 e. The van der Waals surface area contributed by atoms with Gasteiger partial charge in [-0.05, 0) is 56.4 Å². The second-order valence-corrected chi connectivity index (χ2v) is 9.94. The largest absolute Gasteiger partial charge is 0.474 e. The van der Waals surface area contributed by atoms with Gasteiger partial charge in [0, 0.05) is 18.0 Å². The molecule has 1 N–H and O–H groups in total. The van der Waals surface area contributed by atoms with Gasteiger partial charge in [0.2, 0.25) is 5.88 Å². The highest BCUT2D eigenvalue weighted by molar-refractivity contribution is 7.18. The topological polar surface area (TPSA) is 56.3 Å². The lowest BCUT2D eigenvalue weighted by molar-refractivity contribution is 0.109. The SMILES string of the molecule is C1COCCN1.CCCCC1CCc2sc3ncnc(OC4CCCCC4)c3c2C1. The van der Waals surface area contributed by atoms with Crippen LogP contribution >= 0.6 is 11.3 Å². The molecule has 0 radical (unpaired) electrons. The summed E-state index contributed by atoms with van der Waals surface area (Å²) in [6, 6.07) is 0. The lowest BCUT2D eigenvalue weighted by atomic mass is 9.84. The van der Waals surface area contributed by atoms with Crippen molar-refractivity contribution in [2.45, 2.75) is 83.7 Å². The zero-order valence-corrected chi connectivity index (χ0v) is 19.3. The molecule has 2 fully saturated rings. The Labute approximate surface area is 185 Å². The molecule has 1 saturated heterocycles. The molecule has 5 nitrogen and oxygen atoms in total. The Morgan fingerprint density at radius 1 is 1.13 bits per heavy atom. The monoisotopic (exact) mass is 431 g/mol. The lowest BCUT2D eigenvalue weighted by Gasteiger charge is -2.24. The number of hydrogen-bond acceptors (Lipinski definition) is 6. The van der Waals surface area contributed by atoms with Crippen LogP contribution in [0.5, 0.6) is 5.88 Å². The number of nitrogens with one attached hydrogen (secondary N) is 1. The number of ether oxygens (including phenoxy) is 2. The molecule has 0 bridgehead atoms. The van der Waals surface area contributed by atoms with Crippen molar-refractivity contribution in [2.75, 3.05) is 26.3 Å². The fourth-order valence-electron chi connectivity index (χ4n) is 4.84. The van der Waals surface area contributed by atoms with Gasteiger partial charge in [0.15, 0.2) is 0 Å². The van der Waals surface area contributed by atoms with Crippen molar-refractivity contribution >= 4 is 21.6 Å². The van der Waals surface area contributed by atoms with Gasteiger partial charge < -0.3 is 14.8 Å². The van der Waals surface area contributed by atoms with Gasteiger partial charge in [-0.25, -0.2) is 9.97 Å². The predicted molar refractivity (Wildman–Crippen MR) is 124 cm³/mol. The van der Waals surface area contributed by atoms with Gasteiger partial charge in [0.25, 0.3) is 0 Å². The van der Waals surface area contributed by atoms with Crippen molar-refractivity contribution in [3.63, 3.8) is 0 Å². The maximum absolute atomic E-state index is 6.36. The number of unbranched alkanes of at least 4 members (excludes halogenated alkanes) is 1. The first-order valence-electron chi connectivity index (χ1n) is 12.1. The van der Waals surface area contributed by atoms with Crippen LogP contribution in [0.1, 0.15) is 75.2 Å². The van der Waals surface area contributed by atoms with Gasteiger partial charge in [0.05, 0.1) is 18.6 Å². The van der Waals surface area contributed by atoms with Crippen LogP contribution in [0.3, 0.4) is 0 Å². The molecule has 1 aliphatic heterocycles. The third kappa shape index (κ3) is 5.71. The van der Waals surface area contributed by atoms with E-state index in [1.165, 1.54) is 86.5 Å². The number of fused-ring (bicyclic) bond motifs is 3. The average molecular weight is 432 g/mol. The number of hydrogen-bond donors (Lipinski definition) is 1. The molecule has 0 amide bonds. The number of aromatic nitrogens is 2. The first-order valence-corrected chi connectivity index (χ1v) is 12.9. The van der Waals surface area contributed by atoms with Gasteiger partial charge in [-0.3, -0.25) is 0 Å². The van der Waals surface area contributed by atoms with E-state index in [0.717, 1.165) is 42.9 Å². The van der Waals surface area contributed by atoms with Crippen molar-refractivity contribution in [3.05, 3.63) is 16.8 Å². The van der Waals surface area contributed by atoms with Crippen LogP contribution in [-0.4, -0.2) is 42.4 Å². The molecule has 0 spiro atoms. The van der Waals surface area contributed by atoms with Crippen LogP contribution in [0.15, 0.2) is 6.33 Å². The highest BCUT2D eigenvalue weighted by Gasteiger charge is 2.26. The Hall–Kier alpha value is -1.24. The normalized spacial score (nSPS) is 22.2. The van der Waals surface area contributed by atoms with E-state index in [1.807, 2.05) is 11.3 Å². The van der Waals surface area contributed by atoms with E-state index in [-0.39, 0.29) is 0 Å². The van der Waals surface area contributed by atoms with E-state index in [1.54, 1.807) is 6.33 Å². The summed E-state index contributed by atoms with van der Waals surface area (Å²) in [6.45, 7) is 6.12. The van der Waals surface area contributed by atoms with Gasteiger partial charge in [-0.15, -0.1) is 11.3 Å². The van der Waals surface area contributed by atoms with Crippen molar-refractivity contribution in [1.82, 2.24) is 15.3 Å². The molecule has 166 valence electrons. The number of rotatable bonds is 5. The summed E-state index contributed by atoms with van der Waals surface area (Å²) < 4.78 is 11.4. The molecular weight excluding hydrogens is 394 g/mol. The molecular formula is C24H37N3O2S. The highest BCUT2D eigenvalue weighted by atomic mass is 32.1. The van der Waals surface area contributed by atoms with Gasteiger partial charge in [-0.1, -0.05) is 32.6 Å². The minimum atomic E-state index is 0.354. The summed E-state index contributed by atoms with van der Waals surface area (Å²) in [7, 11) is 0. The van der Waals surface area contributed by atoms with Crippen LogP contribution < -0.4 is 10.1 Å². The van der Waals surface area contributed by atoms with Crippen LogP contribution in [0.25, 0.3) is 10.2 Å². The second kappa shape index (κ2) is 11.4. The fraction of sp³-hybridized carbons (Fsp3) is 0.750. The third-order valence-electron chi connectivity index (χ3n) is 6.55. The summed E-state index contributed by atoms with van der Waals surface area (Å²) in [5.74, 6) is 1.69. The summed E-state index contributed by atoms with van der Waals surface area (Å²) in [4.78, 5) is 11.8. The lowest BCUT2D eigenvalue weighted by Crippen LogP contribution is -2.30. The summed E-state index contributed by atoms with van der Waals surface area (Å²) in [5, 5.41) is 4.40. The number of nitrogens with zero attached hydrogens (tertiary/aromatic N) is 2. The molecule has 6 heteroatoms. The Kier molecular flexibility index (Phi) is 8.35. The first kappa shape index (κ1) is 22.0. The standard InChI is InChI=1S/C20H28N2OS.C4H9NO/c1-2-3-7-14-10-11-17-16(12-14)18-19(21-13-22-20(18)24-17)23-15-8-5-4-6-9-15;1-3-6-4-2-5-1/h13-15H,2-12H2,1H3;5H,1-4H2. The summed E-state index contributed by atoms with van der Waals surface area (Å²) >= 11 is 1.87. The van der Waals surface area contributed by atoms with Crippen molar-refractivity contribution < 1.29 is 9.47 Å². The maximum Gasteiger partial charge on any atom is 0.225 e. The van der Waals surface area contributed by atoms with Gasteiger partial charge in [0.1, 0.15) is 17.3 Å². The minimum Gasteiger partial charge on any atom is -0.474 e. The van der Waals surface area contributed by atoms with Crippen LogP contribution in [0.2, 0.25) is 0 Å². The Balaban J connectivity index is 0.000000313. The molecule has 2 aromatic rings. The summed E-state index contributed by atoms with van der Waals surface area (Å²) in [6.07, 6.45) is 16.1. The second-order valence-electron chi connectivity index (χ2n) is 8.85. The molecule has 3 aliphatic rings. The Morgan fingerprint density at radius 2 is 1.97 bits per heavy atom. The molecule has 3 heterocycles. The van der Waals surface area contributed by atoms with E-state index in [4.69, 9.17) is 9.47 Å². The zero-order valence-electron chi connectivity index (χ0n) is 18.5. The van der Waals surface area contributed by atoms with E-state index in [2.05, 4.69) is 22.2 Å². The maximum atomic E-state index is 6.36. The van der Waals surface area contributed by atoms with Crippen molar-refractivity contribution in [3.8, 4) is 5.88 Å². The van der Waals surface area contributed by atoms with Crippen LogP contribution in [0, 0.1) is 5.92 Å². The predicted octanol–water partition coefficient (Wildman–Crippen LogP) is 5.30. The van der Waals surface area contributed by atoms with E-state index >= 15 is 0 Å². The fourth-order valence-corrected chi connectivity index (χ4v) is 6.01. The summed E-state index contributed by atoms with van der Waals surface area (Å²) in [5.41, 5.74) is 1.51. The zero-order chi connectivity index (χ0) is 20.6. The molecule has 2 aromatic heterocycles. The highest BCUT2D eigenvalue weighted by Crippen LogP contribution is 2.42. The molecule has 30 heavy (non-hydrogen) atoms. The van der Waals surface area contributed by atoms with E-state index in [0.29, 0.717) is 6.10 Å². The van der Waals surface area contributed by atoms with Crippen LogP contribution in [0.4, 0.5) is 0 Å². The molecule has 1 atom stereocenters. The Bertz CT molecular complexity index is 773. The molecule has 0 aromatic carbocycles. The quantitative estimate of drug-likeness (QED) is 0.696. The van der Waals surface area contributed by atoms with Crippen LogP contribution in [-0.2, 0) is 17.6 Å². The number of aryl methyl sites for hydroxylation is 1. The van der Waals surface area contributed by atoms with Gasteiger partial charge in [-0.2, -0.15) is 0 Å². The number of thiophene rings is 1. The van der Waals surface area contributed by atoms with Crippen molar-refractivity contribution in [2.24, 2.45) is 5.92 Å².